The first kappa shape index (κ1) is 14.4. The Labute approximate surface area is 123 Å². The summed E-state index contributed by atoms with van der Waals surface area (Å²) in [4.78, 5) is 12.0. The summed E-state index contributed by atoms with van der Waals surface area (Å²) in [6, 6.07) is 0. The van der Waals surface area contributed by atoms with E-state index in [1.807, 2.05) is 26.0 Å². The molecule has 0 N–H and O–H groups in total. The molecule has 0 spiro atoms. The van der Waals surface area contributed by atoms with Crippen molar-refractivity contribution in [1.82, 2.24) is 0 Å². The van der Waals surface area contributed by atoms with Crippen molar-refractivity contribution in [2.24, 2.45) is 0 Å². The molecule has 1 unspecified atom stereocenters. The summed E-state index contributed by atoms with van der Waals surface area (Å²) in [5, 5.41) is 0. The van der Waals surface area contributed by atoms with E-state index in [1.54, 1.807) is 0 Å². The van der Waals surface area contributed by atoms with Gasteiger partial charge >= 0.3 is 5.97 Å². The van der Waals surface area contributed by atoms with Gasteiger partial charge in [0.2, 0.25) is 5.76 Å². The van der Waals surface area contributed by atoms with E-state index in [9.17, 15) is 4.79 Å². The monoisotopic (exact) mass is 296 g/mol. The van der Waals surface area contributed by atoms with Crippen molar-refractivity contribution in [1.29, 1.82) is 0 Å². The van der Waals surface area contributed by atoms with E-state index in [0.717, 1.165) is 12.8 Å². The zero-order valence-electron chi connectivity index (χ0n) is 12.3. The third-order valence-electron chi connectivity index (χ3n) is 3.51. The van der Waals surface area contributed by atoms with Crippen LogP contribution < -0.4 is 0 Å². The van der Waals surface area contributed by atoms with Gasteiger partial charge in [-0.15, -0.1) is 0 Å². The van der Waals surface area contributed by atoms with Gasteiger partial charge in [-0.25, -0.2) is 4.79 Å². The summed E-state index contributed by atoms with van der Waals surface area (Å²) in [5.74, 6) is -0.571. The molecular weight excluding hydrogens is 276 g/mol. The molecule has 0 radical (unpaired) electrons. The molecule has 6 nitrogen and oxygen atoms in total. The second-order valence-corrected chi connectivity index (χ2v) is 5.63. The van der Waals surface area contributed by atoms with Crippen LogP contribution in [-0.4, -0.2) is 43.8 Å². The van der Waals surface area contributed by atoms with Crippen LogP contribution in [0.5, 0.6) is 0 Å². The smallest absolute Gasteiger partial charge is 0.378 e. The topological polar surface area (TPSA) is 63.2 Å². The first-order chi connectivity index (χ1) is 10.1. The van der Waals surface area contributed by atoms with E-state index in [0.29, 0.717) is 25.6 Å². The Kier molecular flexibility index (Phi) is 3.91. The van der Waals surface area contributed by atoms with Crippen LogP contribution in [0.15, 0.2) is 23.7 Å². The first-order valence-corrected chi connectivity index (χ1v) is 7.24. The molecule has 0 saturated carbocycles. The highest BCUT2D eigenvalue weighted by molar-refractivity contribution is 5.89. The minimum atomic E-state index is -0.681. The quantitative estimate of drug-likeness (QED) is 0.541. The molecule has 3 rings (SSSR count). The number of cyclic esters (lactones) is 1. The first-order valence-electron chi connectivity index (χ1n) is 7.24. The lowest BCUT2D eigenvalue weighted by molar-refractivity contribution is -0.163. The number of ether oxygens (including phenoxy) is 5. The maximum absolute atomic E-state index is 12.0. The lowest BCUT2D eigenvalue weighted by Gasteiger charge is -2.21. The minimum Gasteiger partial charge on any atom is -0.490 e. The van der Waals surface area contributed by atoms with Crippen LogP contribution in [-0.2, 0) is 28.5 Å². The SMILES string of the molecule is CC1(C)OCC([C@H]2OC(=O)C3=C2OCC/C=C\CCO3)O1. The Hall–Kier alpha value is -1.53. The molecule has 2 atom stereocenters. The van der Waals surface area contributed by atoms with Crippen LogP contribution in [0.1, 0.15) is 26.7 Å². The number of carbonyl (C=O) groups excluding carboxylic acids is 1. The Morgan fingerprint density at radius 3 is 2.52 bits per heavy atom. The third-order valence-corrected chi connectivity index (χ3v) is 3.51. The molecule has 21 heavy (non-hydrogen) atoms. The molecule has 0 bridgehead atoms. The second kappa shape index (κ2) is 5.69. The van der Waals surface area contributed by atoms with E-state index < -0.39 is 17.9 Å². The number of hydrogen-bond acceptors (Lipinski definition) is 6. The highest BCUT2D eigenvalue weighted by Crippen LogP contribution is 2.34. The summed E-state index contributed by atoms with van der Waals surface area (Å²) in [5.41, 5.74) is 0. The number of carbonyl (C=O) groups is 1. The number of rotatable bonds is 1. The van der Waals surface area contributed by atoms with Crippen molar-refractivity contribution in [3.63, 3.8) is 0 Å². The molecule has 0 aromatic carbocycles. The van der Waals surface area contributed by atoms with Gasteiger partial charge in [0.15, 0.2) is 17.7 Å². The highest BCUT2D eigenvalue weighted by Gasteiger charge is 2.48. The van der Waals surface area contributed by atoms with Gasteiger partial charge in [-0.05, 0) is 26.7 Å². The van der Waals surface area contributed by atoms with Crippen molar-refractivity contribution in [2.45, 2.75) is 44.7 Å². The zero-order chi connectivity index (χ0) is 14.9. The van der Waals surface area contributed by atoms with Crippen molar-refractivity contribution in [2.75, 3.05) is 19.8 Å². The fraction of sp³-hybridized carbons (Fsp3) is 0.667. The third kappa shape index (κ3) is 3.06. The van der Waals surface area contributed by atoms with Crippen LogP contribution in [0, 0.1) is 0 Å². The summed E-state index contributed by atoms with van der Waals surface area (Å²) in [7, 11) is 0. The Bertz CT molecular complexity index is 479. The molecule has 6 heteroatoms. The molecule has 3 heterocycles. The normalized spacial score (nSPS) is 33.7. The van der Waals surface area contributed by atoms with E-state index >= 15 is 0 Å². The van der Waals surface area contributed by atoms with Crippen LogP contribution in [0.3, 0.4) is 0 Å². The van der Waals surface area contributed by atoms with Crippen molar-refractivity contribution in [3.05, 3.63) is 23.7 Å². The van der Waals surface area contributed by atoms with Gasteiger partial charge in [0.25, 0.3) is 0 Å². The molecule has 3 aliphatic heterocycles. The fourth-order valence-corrected chi connectivity index (χ4v) is 2.54. The Morgan fingerprint density at radius 1 is 1.14 bits per heavy atom. The lowest BCUT2D eigenvalue weighted by atomic mass is 10.2. The number of esters is 1. The predicted molar refractivity (Wildman–Crippen MR) is 72.1 cm³/mol. The Morgan fingerprint density at radius 2 is 1.86 bits per heavy atom. The van der Waals surface area contributed by atoms with Crippen LogP contribution in [0.4, 0.5) is 0 Å². The molecule has 0 aliphatic carbocycles. The molecular formula is C15H20O6. The summed E-state index contributed by atoms with van der Waals surface area (Å²) < 4.78 is 28.0. The summed E-state index contributed by atoms with van der Waals surface area (Å²) in [6.07, 6.45) is 4.62. The maximum atomic E-state index is 12.0. The van der Waals surface area contributed by atoms with Crippen LogP contribution in [0.2, 0.25) is 0 Å². The number of hydrogen-bond donors (Lipinski definition) is 0. The maximum Gasteiger partial charge on any atom is 0.378 e. The van der Waals surface area contributed by atoms with Gasteiger partial charge < -0.3 is 23.7 Å². The molecule has 0 amide bonds. The van der Waals surface area contributed by atoms with E-state index in [1.165, 1.54) is 0 Å². The molecule has 1 saturated heterocycles. The molecule has 0 aromatic rings. The summed E-state index contributed by atoms with van der Waals surface area (Å²) in [6.45, 7) is 4.91. The Balaban J connectivity index is 1.79. The average molecular weight is 296 g/mol. The van der Waals surface area contributed by atoms with Gasteiger partial charge in [-0.1, -0.05) is 12.2 Å². The fourth-order valence-electron chi connectivity index (χ4n) is 2.54. The van der Waals surface area contributed by atoms with Crippen molar-refractivity contribution in [3.8, 4) is 0 Å². The van der Waals surface area contributed by atoms with Crippen LogP contribution in [0.25, 0.3) is 0 Å². The molecule has 3 aliphatic rings. The second-order valence-electron chi connectivity index (χ2n) is 5.63. The van der Waals surface area contributed by atoms with Gasteiger partial charge in [-0.2, -0.15) is 0 Å². The van der Waals surface area contributed by atoms with E-state index in [4.69, 9.17) is 23.7 Å². The van der Waals surface area contributed by atoms with E-state index in [-0.39, 0.29) is 11.9 Å². The average Bonchev–Trinajstić information content (AvgIpc) is 2.95. The van der Waals surface area contributed by atoms with Crippen molar-refractivity contribution < 1.29 is 28.5 Å². The van der Waals surface area contributed by atoms with Crippen LogP contribution >= 0.6 is 0 Å². The van der Waals surface area contributed by atoms with Gasteiger partial charge in [0.1, 0.15) is 6.10 Å². The highest BCUT2D eigenvalue weighted by atomic mass is 16.8. The minimum absolute atomic E-state index is 0.170. The lowest BCUT2D eigenvalue weighted by Crippen LogP contribution is -2.33. The van der Waals surface area contributed by atoms with Crippen molar-refractivity contribution >= 4 is 5.97 Å². The zero-order valence-corrected chi connectivity index (χ0v) is 12.3. The molecule has 116 valence electrons. The summed E-state index contributed by atoms with van der Waals surface area (Å²) >= 11 is 0. The van der Waals surface area contributed by atoms with Gasteiger partial charge in [-0.3, -0.25) is 0 Å². The van der Waals surface area contributed by atoms with E-state index in [2.05, 4.69) is 0 Å². The standard InChI is InChI=1S/C15H20O6/c1-15(2)19-9-10(21-15)11-12-13(14(16)20-11)18-8-6-4-3-5-7-17-12/h3-4,10-11H,5-9H2,1-2H3/b4-3-/t10?,11-/m1/s1. The molecule has 0 aromatic heterocycles. The van der Waals surface area contributed by atoms with Gasteiger partial charge in [0.05, 0.1) is 19.8 Å². The molecule has 1 fully saturated rings. The van der Waals surface area contributed by atoms with Gasteiger partial charge in [0, 0.05) is 0 Å². The largest absolute Gasteiger partial charge is 0.490 e. The predicted octanol–water partition coefficient (Wildman–Crippen LogP) is 1.66.